The van der Waals surface area contributed by atoms with Gasteiger partial charge in [0.15, 0.2) is 0 Å². The lowest BCUT2D eigenvalue weighted by Crippen LogP contribution is -2.22. The predicted molar refractivity (Wildman–Crippen MR) is 100 cm³/mol. The second kappa shape index (κ2) is 7.34. The van der Waals surface area contributed by atoms with Crippen molar-refractivity contribution in [1.29, 1.82) is 0 Å². The number of aryl methyl sites for hydroxylation is 2. The summed E-state index contributed by atoms with van der Waals surface area (Å²) in [6.45, 7) is 3.60. The van der Waals surface area contributed by atoms with Gasteiger partial charge in [0.2, 0.25) is 10.0 Å². The van der Waals surface area contributed by atoms with Crippen LogP contribution in [0.4, 0.5) is 13.2 Å². The summed E-state index contributed by atoms with van der Waals surface area (Å²) in [7, 11) is -3.83. The van der Waals surface area contributed by atoms with Gasteiger partial charge in [-0.25, -0.2) is 18.1 Å². The van der Waals surface area contributed by atoms with E-state index in [-0.39, 0.29) is 16.3 Å². The Bertz CT molecular complexity index is 1050. The lowest BCUT2D eigenvalue weighted by atomic mass is 10.1. The summed E-state index contributed by atoms with van der Waals surface area (Å²) in [5, 5.41) is 2.44. The Hall–Kier alpha value is -1.75. The van der Waals surface area contributed by atoms with Crippen molar-refractivity contribution in [2.24, 2.45) is 0 Å². The van der Waals surface area contributed by atoms with E-state index in [4.69, 9.17) is 0 Å². The first-order valence-corrected chi connectivity index (χ1v) is 10.9. The van der Waals surface area contributed by atoms with Crippen LogP contribution in [0.2, 0.25) is 0 Å². The molecule has 0 atom stereocenters. The molecule has 0 fully saturated rings. The number of nitrogens with one attached hydrogen (secondary N) is 1. The first kappa shape index (κ1) is 20.0. The second-order valence-electron chi connectivity index (χ2n) is 5.84. The number of sulfonamides is 1. The molecule has 0 radical (unpaired) electrons. The van der Waals surface area contributed by atoms with Crippen LogP contribution in [0.25, 0.3) is 10.6 Å². The molecule has 144 valence electrons. The van der Waals surface area contributed by atoms with Crippen LogP contribution in [0.15, 0.2) is 39.9 Å². The Morgan fingerprint density at radius 1 is 1.19 bits per heavy atom. The first-order valence-electron chi connectivity index (χ1n) is 7.75. The summed E-state index contributed by atoms with van der Waals surface area (Å²) < 4.78 is 65.6. The number of thiophene rings is 1. The van der Waals surface area contributed by atoms with E-state index in [1.807, 2.05) is 13.8 Å². The molecule has 1 N–H and O–H groups in total. The van der Waals surface area contributed by atoms with Crippen LogP contribution in [0.5, 0.6) is 0 Å². The van der Waals surface area contributed by atoms with Gasteiger partial charge in [0.25, 0.3) is 0 Å². The van der Waals surface area contributed by atoms with Crippen molar-refractivity contribution in [1.82, 2.24) is 9.71 Å². The molecule has 0 saturated heterocycles. The van der Waals surface area contributed by atoms with E-state index in [2.05, 4.69) is 9.71 Å². The number of hydrogen-bond acceptors (Lipinski definition) is 5. The summed E-state index contributed by atoms with van der Waals surface area (Å²) in [5.41, 5.74) is 1.03. The molecule has 0 spiro atoms. The van der Waals surface area contributed by atoms with E-state index >= 15 is 0 Å². The number of alkyl halides is 3. The molecule has 2 aromatic heterocycles. The molecular weight excluding hydrogens is 417 g/mol. The van der Waals surface area contributed by atoms with Gasteiger partial charge >= 0.3 is 6.18 Å². The van der Waals surface area contributed by atoms with Gasteiger partial charge in [0.1, 0.15) is 9.22 Å². The van der Waals surface area contributed by atoms with Crippen molar-refractivity contribution >= 4 is 32.7 Å². The maximum Gasteiger partial charge on any atom is 0.416 e. The Balaban J connectivity index is 1.76. The monoisotopic (exact) mass is 432 g/mol. The van der Waals surface area contributed by atoms with Crippen molar-refractivity contribution in [3.05, 3.63) is 57.4 Å². The maximum atomic E-state index is 12.8. The van der Waals surface area contributed by atoms with Crippen molar-refractivity contribution in [3.8, 4) is 10.6 Å². The molecule has 2 heterocycles. The number of hydrogen-bond donors (Lipinski definition) is 1. The van der Waals surface area contributed by atoms with Crippen molar-refractivity contribution in [3.63, 3.8) is 0 Å². The van der Waals surface area contributed by atoms with Crippen molar-refractivity contribution in [2.45, 2.75) is 30.8 Å². The Labute approximate surface area is 162 Å². The van der Waals surface area contributed by atoms with Gasteiger partial charge in [-0.3, -0.25) is 0 Å². The van der Waals surface area contributed by atoms with Crippen molar-refractivity contribution < 1.29 is 21.6 Å². The van der Waals surface area contributed by atoms with Crippen LogP contribution in [-0.4, -0.2) is 13.4 Å². The van der Waals surface area contributed by atoms with Gasteiger partial charge in [0.05, 0.1) is 11.3 Å². The number of benzene rings is 1. The predicted octanol–water partition coefficient (Wildman–Crippen LogP) is 4.99. The van der Waals surface area contributed by atoms with Gasteiger partial charge in [-0.2, -0.15) is 13.2 Å². The van der Waals surface area contributed by atoms with E-state index in [9.17, 15) is 21.6 Å². The molecule has 3 aromatic rings. The highest BCUT2D eigenvalue weighted by Gasteiger charge is 2.30. The normalized spacial score (nSPS) is 12.5. The number of nitrogens with zero attached hydrogens (tertiary/aromatic N) is 1. The number of aromatic nitrogens is 1. The summed E-state index contributed by atoms with van der Waals surface area (Å²) in [5.74, 6) is 0. The summed E-state index contributed by atoms with van der Waals surface area (Å²) in [4.78, 5) is 5.46. The molecule has 0 bridgehead atoms. The average molecular weight is 433 g/mol. The maximum absolute atomic E-state index is 12.8. The largest absolute Gasteiger partial charge is 0.416 e. The fourth-order valence-corrected chi connectivity index (χ4v) is 5.48. The van der Waals surface area contributed by atoms with Gasteiger partial charge in [-0.1, -0.05) is 18.2 Å². The molecule has 0 aliphatic carbocycles. The Morgan fingerprint density at radius 2 is 1.93 bits per heavy atom. The average Bonchev–Trinajstić information content (AvgIpc) is 3.21. The summed E-state index contributed by atoms with van der Waals surface area (Å²) >= 11 is 2.52. The van der Waals surface area contributed by atoms with E-state index in [1.54, 1.807) is 5.38 Å². The van der Waals surface area contributed by atoms with Crippen molar-refractivity contribution in [2.75, 3.05) is 0 Å². The van der Waals surface area contributed by atoms with Crippen LogP contribution in [-0.2, 0) is 22.7 Å². The van der Waals surface area contributed by atoms with Crippen LogP contribution in [0.1, 0.15) is 21.7 Å². The number of rotatable bonds is 5. The zero-order valence-electron chi connectivity index (χ0n) is 14.3. The third-order valence-electron chi connectivity index (χ3n) is 3.84. The summed E-state index contributed by atoms with van der Waals surface area (Å²) in [6.07, 6.45) is -4.47. The lowest BCUT2D eigenvalue weighted by Gasteiger charge is -2.09. The van der Waals surface area contributed by atoms with E-state index in [0.29, 0.717) is 5.56 Å². The molecule has 1 aromatic carbocycles. The third-order valence-corrected chi connectivity index (χ3v) is 7.80. The molecule has 3 rings (SSSR count). The van der Waals surface area contributed by atoms with Gasteiger partial charge in [-0.15, -0.1) is 22.7 Å². The van der Waals surface area contributed by atoms with Crippen LogP contribution >= 0.6 is 22.7 Å². The number of halogens is 3. The second-order valence-corrected chi connectivity index (χ2v) is 9.95. The smallest absolute Gasteiger partial charge is 0.241 e. The zero-order chi connectivity index (χ0) is 19.8. The van der Waals surface area contributed by atoms with E-state index < -0.39 is 21.8 Å². The van der Waals surface area contributed by atoms with E-state index in [1.165, 1.54) is 29.5 Å². The molecule has 27 heavy (non-hydrogen) atoms. The van der Waals surface area contributed by atoms with Gasteiger partial charge < -0.3 is 0 Å². The molecular formula is C17H15F3N2O2S3. The first-order chi connectivity index (χ1) is 12.6. The SMILES string of the molecule is Cc1nc(-c2csc(S(=O)(=O)NCc3cccc(C(F)(F)F)c3)c2)sc1C. The minimum Gasteiger partial charge on any atom is -0.241 e. The Morgan fingerprint density at radius 3 is 2.56 bits per heavy atom. The van der Waals surface area contributed by atoms with E-state index in [0.717, 1.165) is 39.0 Å². The molecule has 10 heteroatoms. The molecule has 0 aliphatic rings. The fourth-order valence-electron chi connectivity index (χ4n) is 2.27. The number of thiazole rings is 1. The fraction of sp³-hybridized carbons (Fsp3) is 0.235. The molecule has 4 nitrogen and oxygen atoms in total. The minimum atomic E-state index is -4.47. The Kier molecular flexibility index (Phi) is 5.44. The third kappa shape index (κ3) is 4.57. The highest BCUT2D eigenvalue weighted by molar-refractivity contribution is 7.91. The topological polar surface area (TPSA) is 59.1 Å². The quantitative estimate of drug-likeness (QED) is 0.618. The summed E-state index contributed by atoms with van der Waals surface area (Å²) in [6, 6.07) is 6.10. The molecule has 0 saturated carbocycles. The van der Waals surface area contributed by atoms with Crippen LogP contribution in [0.3, 0.4) is 0 Å². The highest BCUT2D eigenvalue weighted by Crippen LogP contribution is 2.33. The minimum absolute atomic E-state index is 0.0926. The molecule has 0 amide bonds. The lowest BCUT2D eigenvalue weighted by molar-refractivity contribution is -0.137. The standard InChI is InChI=1S/C17H15F3N2O2S3/c1-10-11(2)26-16(22-10)13-7-15(25-9-13)27(23,24)21-8-12-4-3-5-14(6-12)17(18,19)20/h3-7,9,21H,8H2,1-2H3. The molecule has 0 unspecified atom stereocenters. The van der Waals surface area contributed by atoms with Gasteiger partial charge in [-0.05, 0) is 31.5 Å². The van der Waals surface area contributed by atoms with Crippen LogP contribution in [0, 0.1) is 13.8 Å². The highest BCUT2D eigenvalue weighted by atomic mass is 32.2. The molecule has 0 aliphatic heterocycles. The van der Waals surface area contributed by atoms with Crippen LogP contribution < -0.4 is 4.72 Å². The van der Waals surface area contributed by atoms with Gasteiger partial charge in [0, 0.05) is 22.4 Å². The zero-order valence-corrected chi connectivity index (χ0v) is 16.7.